The summed E-state index contributed by atoms with van der Waals surface area (Å²) in [6.45, 7) is 2.77. The first-order valence-corrected chi connectivity index (χ1v) is 7.46. The molecular formula is C18H19N2O3. The first-order chi connectivity index (χ1) is 11.2. The van der Waals surface area contributed by atoms with E-state index < -0.39 is 6.09 Å². The number of carbonyl (C=O) groups excluding carboxylic acids is 1. The summed E-state index contributed by atoms with van der Waals surface area (Å²) in [5.41, 5.74) is 0.584. The molecule has 0 aliphatic heterocycles. The highest BCUT2D eigenvalue weighted by atomic mass is 16.6. The zero-order valence-electron chi connectivity index (χ0n) is 13.0. The average molecular weight is 311 g/mol. The second-order valence-electron chi connectivity index (χ2n) is 4.85. The van der Waals surface area contributed by atoms with Crippen LogP contribution in [-0.4, -0.2) is 18.5 Å². The molecule has 5 nitrogen and oxygen atoms in total. The van der Waals surface area contributed by atoms with Gasteiger partial charge in [-0.15, -0.1) is 0 Å². The van der Waals surface area contributed by atoms with Crippen molar-refractivity contribution >= 4 is 11.9 Å². The van der Waals surface area contributed by atoms with E-state index >= 15 is 0 Å². The smallest absolute Gasteiger partial charge is 0.418 e. The summed E-state index contributed by atoms with van der Waals surface area (Å²) in [5.74, 6) is 1.10. The van der Waals surface area contributed by atoms with Crippen molar-refractivity contribution in [2.24, 2.45) is 0 Å². The lowest BCUT2D eigenvalue weighted by Gasteiger charge is -2.09. The zero-order chi connectivity index (χ0) is 16.5. The van der Waals surface area contributed by atoms with E-state index in [9.17, 15) is 4.79 Å². The third kappa shape index (κ3) is 5.47. The second-order valence-corrected chi connectivity index (χ2v) is 4.85. The summed E-state index contributed by atoms with van der Waals surface area (Å²) >= 11 is 0. The SMILES string of the molecule is CCCCOc1ccc(OC(=O)NC(=N)c2cc[c]cc2)cc1. The molecule has 2 aromatic carbocycles. The monoisotopic (exact) mass is 311 g/mol. The number of unbranched alkanes of at least 4 members (excludes halogenated alkanes) is 1. The van der Waals surface area contributed by atoms with Gasteiger partial charge in [0.15, 0.2) is 0 Å². The van der Waals surface area contributed by atoms with Crippen LogP contribution in [0.1, 0.15) is 25.3 Å². The van der Waals surface area contributed by atoms with Gasteiger partial charge in [0.05, 0.1) is 6.61 Å². The Morgan fingerprint density at radius 3 is 2.43 bits per heavy atom. The Morgan fingerprint density at radius 2 is 1.78 bits per heavy atom. The molecule has 2 N–H and O–H groups in total. The van der Waals surface area contributed by atoms with Crippen LogP contribution in [0.15, 0.2) is 48.5 Å². The third-order valence-electron chi connectivity index (χ3n) is 3.03. The molecule has 0 saturated carbocycles. The summed E-state index contributed by atoms with van der Waals surface area (Å²) in [5, 5.41) is 10.2. The fourth-order valence-electron chi connectivity index (χ4n) is 1.80. The number of ether oxygens (including phenoxy) is 2. The van der Waals surface area contributed by atoms with E-state index in [-0.39, 0.29) is 5.84 Å². The molecule has 2 rings (SSSR count). The summed E-state index contributed by atoms with van der Waals surface area (Å²) in [7, 11) is 0. The Morgan fingerprint density at radius 1 is 1.13 bits per heavy atom. The number of nitrogens with one attached hydrogen (secondary N) is 2. The molecule has 5 heteroatoms. The molecule has 0 aliphatic rings. The van der Waals surface area contributed by atoms with Crippen LogP contribution >= 0.6 is 0 Å². The molecule has 23 heavy (non-hydrogen) atoms. The number of amides is 1. The number of hydrogen-bond donors (Lipinski definition) is 2. The fraction of sp³-hybridized carbons (Fsp3) is 0.222. The van der Waals surface area contributed by atoms with Gasteiger partial charge in [-0.3, -0.25) is 10.7 Å². The molecule has 1 radical (unpaired) electrons. The van der Waals surface area contributed by atoms with Crippen molar-refractivity contribution in [3.63, 3.8) is 0 Å². The lowest BCUT2D eigenvalue weighted by Crippen LogP contribution is -2.32. The van der Waals surface area contributed by atoms with E-state index in [0.29, 0.717) is 17.9 Å². The van der Waals surface area contributed by atoms with Gasteiger partial charge in [-0.2, -0.15) is 0 Å². The van der Waals surface area contributed by atoms with Gasteiger partial charge in [-0.1, -0.05) is 37.6 Å². The van der Waals surface area contributed by atoms with Crippen LogP contribution < -0.4 is 14.8 Å². The summed E-state index contributed by atoms with van der Waals surface area (Å²) in [6.07, 6.45) is 1.37. The predicted molar refractivity (Wildman–Crippen MR) is 88.1 cm³/mol. The van der Waals surface area contributed by atoms with E-state index in [1.807, 2.05) is 0 Å². The first kappa shape index (κ1) is 16.5. The minimum Gasteiger partial charge on any atom is -0.494 e. The predicted octanol–water partition coefficient (Wildman–Crippen LogP) is 3.78. The van der Waals surface area contributed by atoms with Crippen LogP contribution in [0.2, 0.25) is 0 Å². The van der Waals surface area contributed by atoms with E-state index in [2.05, 4.69) is 18.3 Å². The van der Waals surface area contributed by atoms with Crippen molar-refractivity contribution in [2.45, 2.75) is 19.8 Å². The third-order valence-corrected chi connectivity index (χ3v) is 3.03. The number of amidine groups is 1. The number of benzene rings is 2. The Kier molecular flexibility index (Phi) is 6.17. The quantitative estimate of drug-likeness (QED) is 0.484. The fourth-order valence-corrected chi connectivity index (χ4v) is 1.80. The molecule has 0 saturated heterocycles. The van der Waals surface area contributed by atoms with Crippen molar-refractivity contribution in [3.8, 4) is 11.5 Å². The molecule has 0 aromatic heterocycles. The van der Waals surface area contributed by atoms with Crippen LogP contribution in [0.3, 0.4) is 0 Å². The molecule has 0 unspecified atom stereocenters. The van der Waals surface area contributed by atoms with Crippen LogP contribution in [0, 0.1) is 11.5 Å². The summed E-state index contributed by atoms with van der Waals surface area (Å²) in [6, 6.07) is 16.4. The molecule has 2 aromatic rings. The molecule has 0 atom stereocenters. The summed E-state index contributed by atoms with van der Waals surface area (Å²) in [4.78, 5) is 11.8. The minimum atomic E-state index is -0.706. The van der Waals surface area contributed by atoms with Crippen LogP contribution in [-0.2, 0) is 0 Å². The Labute approximate surface area is 135 Å². The van der Waals surface area contributed by atoms with Gasteiger partial charge in [0.2, 0.25) is 0 Å². The second kappa shape index (κ2) is 8.58. The molecule has 0 heterocycles. The van der Waals surface area contributed by atoms with Crippen molar-refractivity contribution in [2.75, 3.05) is 6.61 Å². The highest BCUT2D eigenvalue weighted by molar-refractivity contribution is 6.04. The van der Waals surface area contributed by atoms with Crippen molar-refractivity contribution in [3.05, 3.63) is 60.2 Å². The normalized spacial score (nSPS) is 9.96. The Hall–Kier alpha value is -2.82. The topological polar surface area (TPSA) is 71.4 Å². The summed E-state index contributed by atoms with van der Waals surface area (Å²) < 4.78 is 10.7. The lowest BCUT2D eigenvalue weighted by atomic mass is 10.2. The van der Waals surface area contributed by atoms with E-state index in [1.54, 1.807) is 48.5 Å². The zero-order valence-corrected chi connectivity index (χ0v) is 13.0. The van der Waals surface area contributed by atoms with Gasteiger partial charge in [-0.05, 0) is 36.8 Å². The highest BCUT2D eigenvalue weighted by Gasteiger charge is 2.08. The van der Waals surface area contributed by atoms with Crippen molar-refractivity contribution < 1.29 is 14.3 Å². The van der Waals surface area contributed by atoms with Crippen molar-refractivity contribution in [1.82, 2.24) is 5.32 Å². The van der Waals surface area contributed by atoms with E-state index in [0.717, 1.165) is 18.6 Å². The first-order valence-electron chi connectivity index (χ1n) is 7.46. The number of rotatable bonds is 6. The molecule has 119 valence electrons. The maximum absolute atomic E-state index is 11.8. The maximum atomic E-state index is 11.8. The standard InChI is InChI=1S/C18H19N2O3/c1-2-3-13-22-15-9-11-16(12-10-15)23-18(21)20-17(19)14-7-5-4-6-8-14/h5-12H,2-3,13H2,1H3,(H2,19,20,21). The average Bonchev–Trinajstić information content (AvgIpc) is 2.57. The Bertz CT molecular complexity index is 639. The van der Waals surface area contributed by atoms with Gasteiger partial charge in [0, 0.05) is 5.56 Å². The molecule has 1 amide bonds. The minimum absolute atomic E-state index is 0.0245. The molecular weight excluding hydrogens is 292 g/mol. The van der Waals surface area contributed by atoms with Gasteiger partial charge in [-0.25, -0.2) is 4.79 Å². The molecule has 0 bridgehead atoms. The van der Waals surface area contributed by atoms with Crippen LogP contribution in [0.5, 0.6) is 11.5 Å². The molecule has 0 fully saturated rings. The van der Waals surface area contributed by atoms with Crippen LogP contribution in [0.25, 0.3) is 0 Å². The van der Waals surface area contributed by atoms with Gasteiger partial charge >= 0.3 is 6.09 Å². The van der Waals surface area contributed by atoms with Crippen molar-refractivity contribution in [1.29, 1.82) is 5.41 Å². The largest absolute Gasteiger partial charge is 0.494 e. The highest BCUT2D eigenvalue weighted by Crippen LogP contribution is 2.18. The van der Waals surface area contributed by atoms with Gasteiger partial charge < -0.3 is 9.47 Å². The lowest BCUT2D eigenvalue weighted by molar-refractivity contribution is 0.206. The van der Waals surface area contributed by atoms with E-state index in [1.165, 1.54) is 0 Å². The number of hydrogen-bond acceptors (Lipinski definition) is 4. The van der Waals surface area contributed by atoms with E-state index in [4.69, 9.17) is 14.9 Å². The number of carbonyl (C=O) groups is 1. The van der Waals surface area contributed by atoms with Crippen LogP contribution in [0.4, 0.5) is 4.79 Å². The molecule has 0 spiro atoms. The van der Waals surface area contributed by atoms with Gasteiger partial charge in [0.1, 0.15) is 17.3 Å². The molecule has 0 aliphatic carbocycles. The Balaban J connectivity index is 1.84. The maximum Gasteiger partial charge on any atom is 0.418 e. The van der Waals surface area contributed by atoms with Gasteiger partial charge in [0.25, 0.3) is 0 Å².